The van der Waals surface area contributed by atoms with E-state index < -0.39 is 0 Å². The van der Waals surface area contributed by atoms with Gasteiger partial charge in [0.1, 0.15) is 0 Å². The molecule has 2 nitrogen and oxygen atoms in total. The SMILES string of the molecule is c1ccc(N2c3ccccc3B3c4cc5c(cc4N(c4ccccc4)c4cccc2c43)C2(c3ccccc3-5)C3CC4CC(C3)CC2C4)cc1. The van der Waals surface area contributed by atoms with Crippen molar-refractivity contribution >= 4 is 57.2 Å². The van der Waals surface area contributed by atoms with Gasteiger partial charge in [0.2, 0.25) is 0 Å². The van der Waals surface area contributed by atoms with Crippen LogP contribution in [-0.4, -0.2) is 6.71 Å². The summed E-state index contributed by atoms with van der Waals surface area (Å²) in [4.78, 5) is 5.10. The van der Waals surface area contributed by atoms with Gasteiger partial charge in [-0.3, -0.25) is 0 Å². The maximum Gasteiger partial charge on any atom is 0.252 e. The number of benzene rings is 6. The molecule has 0 radical (unpaired) electrons. The summed E-state index contributed by atoms with van der Waals surface area (Å²) in [6.07, 6.45) is 7.08. The molecule has 0 saturated heterocycles. The minimum Gasteiger partial charge on any atom is -0.311 e. The first kappa shape index (κ1) is 26.9. The van der Waals surface area contributed by atoms with Gasteiger partial charge >= 0.3 is 0 Å². The van der Waals surface area contributed by atoms with Gasteiger partial charge in [-0.05, 0) is 143 Å². The summed E-state index contributed by atoms with van der Waals surface area (Å²) in [7, 11) is 0. The molecule has 2 heterocycles. The molecular formula is C46H37BN2. The molecule has 13 rings (SSSR count). The molecule has 6 aromatic rings. The summed E-state index contributed by atoms with van der Waals surface area (Å²) in [5.41, 5.74) is 18.2. The Morgan fingerprint density at radius 2 is 1.02 bits per heavy atom. The third kappa shape index (κ3) is 3.34. The molecule has 0 amide bonds. The molecule has 0 N–H and O–H groups in total. The summed E-state index contributed by atoms with van der Waals surface area (Å²) in [6, 6.07) is 53.2. The third-order valence-electron chi connectivity index (χ3n) is 13.6. The standard InChI is InChI=1S/C46H37BN2/c1-3-12-33(13-4-1)48-41-19-10-9-18-39(41)47-40-27-36-35-16-7-8-17-37(35)46(31-23-29-22-30(25-31)26-32(46)24-29)38(36)28-44(40)49(34-14-5-2-6-15-34)43-21-11-20-42(48)45(43)47/h1-21,27-32H,22-26H2. The van der Waals surface area contributed by atoms with Crippen molar-refractivity contribution in [2.24, 2.45) is 23.7 Å². The van der Waals surface area contributed by atoms with Crippen LogP contribution < -0.4 is 26.2 Å². The number of rotatable bonds is 2. The minimum absolute atomic E-state index is 0.132. The average Bonchev–Trinajstić information content (AvgIpc) is 3.43. The van der Waals surface area contributed by atoms with Crippen LogP contribution in [0.15, 0.2) is 140 Å². The topological polar surface area (TPSA) is 6.48 Å². The highest BCUT2D eigenvalue weighted by molar-refractivity contribution is 7.00. The largest absolute Gasteiger partial charge is 0.311 e. The first-order chi connectivity index (χ1) is 24.3. The number of para-hydroxylation sites is 3. The van der Waals surface area contributed by atoms with Gasteiger partial charge in [0.25, 0.3) is 6.71 Å². The molecule has 7 aliphatic rings. The van der Waals surface area contributed by atoms with E-state index in [1.165, 1.54) is 93.7 Å². The number of fused-ring (bicyclic) bond motifs is 7. The maximum atomic E-state index is 2.71. The Bertz CT molecular complexity index is 2300. The molecule has 3 heteroatoms. The second-order valence-electron chi connectivity index (χ2n) is 15.7. The lowest BCUT2D eigenvalue weighted by molar-refractivity contribution is -0.0399. The van der Waals surface area contributed by atoms with Crippen LogP contribution in [0.25, 0.3) is 11.1 Å². The van der Waals surface area contributed by atoms with Crippen LogP contribution in [0, 0.1) is 23.7 Å². The normalized spacial score (nSPS) is 25.9. The smallest absolute Gasteiger partial charge is 0.252 e. The highest BCUT2D eigenvalue weighted by atomic mass is 15.2. The first-order valence-electron chi connectivity index (χ1n) is 18.5. The van der Waals surface area contributed by atoms with Gasteiger partial charge in [0.15, 0.2) is 0 Å². The van der Waals surface area contributed by atoms with Crippen molar-refractivity contribution in [2.75, 3.05) is 9.80 Å². The van der Waals surface area contributed by atoms with Crippen molar-refractivity contribution in [2.45, 2.75) is 37.5 Å². The van der Waals surface area contributed by atoms with E-state index in [4.69, 9.17) is 0 Å². The Morgan fingerprint density at radius 3 is 1.71 bits per heavy atom. The zero-order valence-corrected chi connectivity index (χ0v) is 27.6. The quantitative estimate of drug-likeness (QED) is 0.176. The van der Waals surface area contributed by atoms with Crippen LogP contribution in [0.1, 0.15) is 43.2 Å². The molecular weight excluding hydrogens is 591 g/mol. The molecule has 234 valence electrons. The van der Waals surface area contributed by atoms with Gasteiger partial charge in [-0.1, -0.05) is 91.0 Å². The predicted molar refractivity (Wildman–Crippen MR) is 204 cm³/mol. The second-order valence-corrected chi connectivity index (χ2v) is 15.7. The van der Waals surface area contributed by atoms with Gasteiger partial charge < -0.3 is 9.80 Å². The van der Waals surface area contributed by atoms with Gasteiger partial charge in [0, 0.05) is 39.5 Å². The van der Waals surface area contributed by atoms with Crippen molar-refractivity contribution in [1.29, 1.82) is 0 Å². The maximum absolute atomic E-state index is 2.71. The zero-order valence-electron chi connectivity index (χ0n) is 27.6. The fourth-order valence-electron chi connectivity index (χ4n) is 12.2. The fourth-order valence-corrected chi connectivity index (χ4v) is 12.2. The van der Waals surface area contributed by atoms with Crippen LogP contribution in [-0.2, 0) is 5.41 Å². The molecule has 1 spiro atoms. The van der Waals surface area contributed by atoms with E-state index in [2.05, 4.69) is 149 Å². The monoisotopic (exact) mass is 628 g/mol. The van der Waals surface area contributed by atoms with Crippen molar-refractivity contribution in [3.8, 4) is 11.1 Å². The Labute approximate surface area is 289 Å². The Hall–Kier alpha value is -5.02. The van der Waals surface area contributed by atoms with Crippen molar-refractivity contribution in [1.82, 2.24) is 0 Å². The summed E-state index contributed by atoms with van der Waals surface area (Å²) < 4.78 is 0. The Balaban J connectivity index is 1.18. The number of hydrogen-bond acceptors (Lipinski definition) is 2. The number of anilines is 6. The average molecular weight is 629 g/mol. The van der Waals surface area contributed by atoms with Crippen LogP contribution in [0.4, 0.5) is 34.1 Å². The minimum atomic E-state index is 0.132. The molecule has 49 heavy (non-hydrogen) atoms. The van der Waals surface area contributed by atoms with Gasteiger partial charge in [-0.25, -0.2) is 0 Å². The predicted octanol–water partition coefficient (Wildman–Crippen LogP) is 9.49. The number of nitrogens with zero attached hydrogens (tertiary/aromatic N) is 2. The summed E-state index contributed by atoms with van der Waals surface area (Å²) in [5.74, 6) is 3.34. The fraction of sp³-hybridized carbons (Fsp3) is 0.217. The molecule has 2 aliphatic heterocycles. The molecule has 4 fully saturated rings. The van der Waals surface area contributed by atoms with Crippen LogP contribution in [0.3, 0.4) is 0 Å². The first-order valence-corrected chi connectivity index (χ1v) is 18.5. The summed E-state index contributed by atoms with van der Waals surface area (Å²) >= 11 is 0. The van der Waals surface area contributed by atoms with Gasteiger partial charge in [-0.15, -0.1) is 0 Å². The molecule has 0 unspecified atom stereocenters. The van der Waals surface area contributed by atoms with Crippen LogP contribution in [0.2, 0.25) is 0 Å². The highest BCUT2D eigenvalue weighted by Crippen LogP contribution is 2.69. The lowest BCUT2D eigenvalue weighted by Crippen LogP contribution is -2.61. The highest BCUT2D eigenvalue weighted by Gasteiger charge is 2.62. The Morgan fingerprint density at radius 1 is 0.449 bits per heavy atom. The lowest BCUT2D eigenvalue weighted by Gasteiger charge is -2.61. The van der Waals surface area contributed by atoms with Crippen molar-refractivity contribution in [3.05, 3.63) is 151 Å². The van der Waals surface area contributed by atoms with Crippen LogP contribution in [0.5, 0.6) is 0 Å². The van der Waals surface area contributed by atoms with Gasteiger partial charge in [-0.2, -0.15) is 0 Å². The van der Waals surface area contributed by atoms with E-state index in [0.29, 0.717) is 0 Å². The Kier molecular flexibility index (Phi) is 5.25. The van der Waals surface area contributed by atoms with Gasteiger partial charge in [0.05, 0.1) is 0 Å². The van der Waals surface area contributed by atoms with E-state index in [1.807, 2.05) is 0 Å². The summed E-state index contributed by atoms with van der Waals surface area (Å²) in [5, 5.41) is 0. The molecule has 0 atom stereocenters. The van der Waals surface area contributed by atoms with Crippen molar-refractivity contribution < 1.29 is 0 Å². The van der Waals surface area contributed by atoms with Crippen molar-refractivity contribution in [3.63, 3.8) is 0 Å². The van der Waals surface area contributed by atoms with Crippen LogP contribution >= 0.6 is 0 Å². The second kappa shape index (κ2) is 9.57. The molecule has 5 aliphatic carbocycles. The van der Waals surface area contributed by atoms with E-state index in [-0.39, 0.29) is 12.1 Å². The number of hydrogen-bond donors (Lipinski definition) is 0. The lowest BCUT2D eigenvalue weighted by atomic mass is 9.33. The summed E-state index contributed by atoms with van der Waals surface area (Å²) in [6.45, 7) is 0.143. The van der Waals surface area contributed by atoms with E-state index in [9.17, 15) is 0 Å². The zero-order chi connectivity index (χ0) is 31.8. The van der Waals surface area contributed by atoms with E-state index in [1.54, 1.807) is 11.1 Å². The third-order valence-corrected chi connectivity index (χ3v) is 13.6. The van der Waals surface area contributed by atoms with E-state index >= 15 is 0 Å². The molecule has 0 aromatic heterocycles. The molecule has 6 aromatic carbocycles. The van der Waals surface area contributed by atoms with E-state index in [0.717, 1.165) is 23.7 Å². The molecule has 4 saturated carbocycles. The molecule has 4 bridgehead atoms.